The Kier molecular flexibility index (Phi) is 4.93. The average molecular weight is 328 g/mol. The molecule has 0 bridgehead atoms. The van der Waals surface area contributed by atoms with E-state index in [4.69, 9.17) is 0 Å². The summed E-state index contributed by atoms with van der Waals surface area (Å²) in [6.45, 7) is 6.84. The van der Waals surface area contributed by atoms with Crippen molar-refractivity contribution in [2.45, 2.75) is 58.9 Å². The highest BCUT2D eigenvalue weighted by molar-refractivity contribution is 6.00. The first kappa shape index (κ1) is 17.0. The number of nitrogens with one attached hydrogen (secondary N) is 1. The first-order valence-electron chi connectivity index (χ1n) is 9.11. The van der Waals surface area contributed by atoms with Crippen molar-refractivity contribution in [2.75, 3.05) is 11.4 Å². The second-order valence-corrected chi connectivity index (χ2v) is 7.72. The molecule has 1 aromatic carbocycles. The Bertz CT molecular complexity index is 612. The molecule has 1 saturated heterocycles. The Labute approximate surface area is 144 Å². The molecule has 4 heteroatoms. The molecule has 1 heterocycles. The summed E-state index contributed by atoms with van der Waals surface area (Å²) in [6.07, 6.45) is 4.82. The van der Waals surface area contributed by atoms with Crippen molar-refractivity contribution >= 4 is 17.5 Å². The van der Waals surface area contributed by atoms with Crippen molar-refractivity contribution in [3.63, 3.8) is 0 Å². The number of carbonyl (C=O) groups is 2. The SMILES string of the molecule is Cc1cc(C)cc(N2C[C@@H](C(=O)NC3CCC(C)CC3)CC2=O)c1. The molecule has 0 radical (unpaired) electrons. The molecule has 24 heavy (non-hydrogen) atoms. The van der Waals surface area contributed by atoms with Gasteiger partial charge in [0, 0.05) is 24.7 Å². The smallest absolute Gasteiger partial charge is 0.227 e. The van der Waals surface area contributed by atoms with Crippen LogP contribution >= 0.6 is 0 Å². The summed E-state index contributed by atoms with van der Waals surface area (Å²) in [7, 11) is 0. The third-order valence-corrected chi connectivity index (χ3v) is 5.38. The Balaban J connectivity index is 1.62. The maximum atomic E-state index is 12.6. The normalized spacial score (nSPS) is 27.4. The number of benzene rings is 1. The molecule has 2 aliphatic rings. The topological polar surface area (TPSA) is 49.4 Å². The van der Waals surface area contributed by atoms with Crippen LogP contribution in [0, 0.1) is 25.7 Å². The molecule has 0 unspecified atom stereocenters. The number of anilines is 1. The Morgan fingerprint density at radius 1 is 1.08 bits per heavy atom. The zero-order chi connectivity index (χ0) is 17.3. The van der Waals surface area contributed by atoms with E-state index in [0.29, 0.717) is 19.0 Å². The van der Waals surface area contributed by atoms with Crippen LogP contribution in [0.2, 0.25) is 0 Å². The second kappa shape index (κ2) is 6.96. The molecule has 4 nitrogen and oxygen atoms in total. The molecule has 1 N–H and O–H groups in total. The van der Waals surface area contributed by atoms with E-state index in [-0.39, 0.29) is 17.7 Å². The third kappa shape index (κ3) is 3.80. The lowest BCUT2D eigenvalue weighted by Crippen LogP contribution is -2.41. The van der Waals surface area contributed by atoms with E-state index in [0.717, 1.165) is 35.6 Å². The van der Waals surface area contributed by atoms with Gasteiger partial charge in [-0.05, 0) is 68.7 Å². The minimum absolute atomic E-state index is 0.0507. The molecule has 3 rings (SSSR count). The molecule has 1 aromatic rings. The van der Waals surface area contributed by atoms with Gasteiger partial charge in [0.2, 0.25) is 11.8 Å². The van der Waals surface area contributed by atoms with Crippen LogP contribution in [-0.4, -0.2) is 24.4 Å². The van der Waals surface area contributed by atoms with Gasteiger partial charge in [0.15, 0.2) is 0 Å². The van der Waals surface area contributed by atoms with Crippen molar-refractivity contribution in [2.24, 2.45) is 11.8 Å². The van der Waals surface area contributed by atoms with Gasteiger partial charge in [0.05, 0.1) is 5.92 Å². The van der Waals surface area contributed by atoms with E-state index < -0.39 is 0 Å². The minimum Gasteiger partial charge on any atom is -0.353 e. The molecule has 2 fully saturated rings. The van der Waals surface area contributed by atoms with E-state index >= 15 is 0 Å². The Morgan fingerprint density at radius 3 is 2.33 bits per heavy atom. The van der Waals surface area contributed by atoms with Gasteiger partial charge in [0.25, 0.3) is 0 Å². The number of aryl methyl sites for hydroxylation is 2. The first-order chi connectivity index (χ1) is 11.4. The van der Waals surface area contributed by atoms with Crippen molar-refractivity contribution < 1.29 is 9.59 Å². The fourth-order valence-electron chi connectivity index (χ4n) is 3.96. The molecule has 1 atom stereocenters. The van der Waals surface area contributed by atoms with Crippen LogP contribution < -0.4 is 10.2 Å². The maximum Gasteiger partial charge on any atom is 0.227 e. The van der Waals surface area contributed by atoms with E-state index in [1.165, 1.54) is 12.8 Å². The van der Waals surface area contributed by atoms with Crippen LogP contribution in [0.3, 0.4) is 0 Å². The average Bonchev–Trinajstić information content (AvgIpc) is 2.91. The lowest BCUT2D eigenvalue weighted by atomic mass is 9.87. The lowest BCUT2D eigenvalue weighted by Gasteiger charge is -2.27. The lowest BCUT2D eigenvalue weighted by molar-refractivity contribution is -0.127. The van der Waals surface area contributed by atoms with E-state index in [9.17, 15) is 9.59 Å². The Hall–Kier alpha value is -1.84. The number of carbonyl (C=O) groups excluding carboxylic acids is 2. The molecule has 0 aromatic heterocycles. The molecule has 1 aliphatic heterocycles. The maximum absolute atomic E-state index is 12.6. The second-order valence-electron chi connectivity index (χ2n) is 7.72. The van der Waals surface area contributed by atoms with Crippen LogP contribution in [0.25, 0.3) is 0 Å². The van der Waals surface area contributed by atoms with Gasteiger partial charge >= 0.3 is 0 Å². The molecule has 2 amide bonds. The number of rotatable bonds is 3. The molecule has 1 saturated carbocycles. The summed E-state index contributed by atoms with van der Waals surface area (Å²) in [6, 6.07) is 6.43. The van der Waals surface area contributed by atoms with Gasteiger partial charge in [-0.1, -0.05) is 13.0 Å². The van der Waals surface area contributed by atoms with Gasteiger partial charge in [-0.3, -0.25) is 9.59 Å². The van der Waals surface area contributed by atoms with E-state index in [1.54, 1.807) is 4.90 Å². The summed E-state index contributed by atoms with van der Waals surface area (Å²) in [4.78, 5) is 26.7. The quantitative estimate of drug-likeness (QED) is 0.925. The number of hydrogen-bond donors (Lipinski definition) is 1. The third-order valence-electron chi connectivity index (χ3n) is 5.38. The van der Waals surface area contributed by atoms with Crippen molar-refractivity contribution in [1.82, 2.24) is 5.32 Å². The van der Waals surface area contributed by atoms with Crippen molar-refractivity contribution in [1.29, 1.82) is 0 Å². The zero-order valence-corrected chi connectivity index (χ0v) is 15.0. The van der Waals surface area contributed by atoms with Gasteiger partial charge in [-0.25, -0.2) is 0 Å². The van der Waals surface area contributed by atoms with E-state index in [1.807, 2.05) is 26.0 Å². The monoisotopic (exact) mass is 328 g/mol. The van der Waals surface area contributed by atoms with Crippen LogP contribution in [0.5, 0.6) is 0 Å². The summed E-state index contributed by atoms with van der Waals surface area (Å²) in [5, 5.41) is 3.18. The summed E-state index contributed by atoms with van der Waals surface area (Å²) >= 11 is 0. The summed E-state index contributed by atoms with van der Waals surface area (Å²) < 4.78 is 0. The predicted molar refractivity (Wildman–Crippen MR) is 95.9 cm³/mol. The number of hydrogen-bond acceptors (Lipinski definition) is 2. The highest BCUT2D eigenvalue weighted by Crippen LogP contribution is 2.28. The fraction of sp³-hybridized carbons (Fsp3) is 0.600. The standard InChI is InChI=1S/C20H28N2O2/c1-13-4-6-17(7-5-13)21-20(24)16-11-19(23)22(12-16)18-9-14(2)8-15(3)10-18/h8-10,13,16-17H,4-7,11-12H2,1-3H3,(H,21,24)/t13?,16-,17?/m0/s1. The fourth-order valence-corrected chi connectivity index (χ4v) is 3.96. The van der Waals surface area contributed by atoms with Crippen LogP contribution in [-0.2, 0) is 9.59 Å². The highest BCUT2D eigenvalue weighted by atomic mass is 16.2. The van der Waals surface area contributed by atoms with Gasteiger partial charge < -0.3 is 10.2 Å². The molecular weight excluding hydrogens is 300 g/mol. The van der Waals surface area contributed by atoms with Gasteiger partial charge in [-0.2, -0.15) is 0 Å². The van der Waals surface area contributed by atoms with E-state index in [2.05, 4.69) is 18.3 Å². The molecular formula is C20H28N2O2. The minimum atomic E-state index is -0.224. The van der Waals surface area contributed by atoms with Crippen LogP contribution in [0.4, 0.5) is 5.69 Å². The van der Waals surface area contributed by atoms with Gasteiger partial charge in [0.1, 0.15) is 0 Å². The van der Waals surface area contributed by atoms with Gasteiger partial charge in [-0.15, -0.1) is 0 Å². The molecule has 1 aliphatic carbocycles. The number of amides is 2. The zero-order valence-electron chi connectivity index (χ0n) is 15.0. The molecule has 0 spiro atoms. The highest BCUT2D eigenvalue weighted by Gasteiger charge is 2.36. The van der Waals surface area contributed by atoms with Crippen molar-refractivity contribution in [3.05, 3.63) is 29.3 Å². The first-order valence-corrected chi connectivity index (χ1v) is 9.11. The van der Waals surface area contributed by atoms with Crippen LogP contribution in [0.15, 0.2) is 18.2 Å². The largest absolute Gasteiger partial charge is 0.353 e. The Morgan fingerprint density at radius 2 is 1.71 bits per heavy atom. The summed E-state index contributed by atoms with van der Waals surface area (Å²) in [5.41, 5.74) is 3.20. The predicted octanol–water partition coefficient (Wildman–Crippen LogP) is 3.35. The number of nitrogens with zero attached hydrogens (tertiary/aromatic N) is 1. The summed E-state index contributed by atoms with van der Waals surface area (Å²) in [5.74, 6) is 0.649. The van der Waals surface area contributed by atoms with Crippen LogP contribution in [0.1, 0.15) is 50.2 Å². The molecule has 130 valence electrons. The van der Waals surface area contributed by atoms with Crippen molar-refractivity contribution in [3.8, 4) is 0 Å².